The smallest absolute Gasteiger partial charge is 0.0219 e. The average molecular weight is 170 g/mol. The Bertz CT molecular complexity index is 123. The van der Waals surface area contributed by atoms with Crippen molar-refractivity contribution in [3.63, 3.8) is 0 Å². The number of hydrogen-bond donors (Lipinski definition) is 2. The van der Waals surface area contributed by atoms with Crippen LogP contribution in [0.25, 0.3) is 0 Å². The van der Waals surface area contributed by atoms with Gasteiger partial charge in [-0.15, -0.1) is 0 Å². The van der Waals surface area contributed by atoms with E-state index in [1.807, 2.05) is 0 Å². The van der Waals surface area contributed by atoms with Crippen LogP contribution in [0.2, 0.25) is 0 Å². The molecule has 0 aromatic rings. The van der Waals surface area contributed by atoms with E-state index in [-0.39, 0.29) is 0 Å². The summed E-state index contributed by atoms with van der Waals surface area (Å²) in [6.45, 7) is 9.12. The minimum atomic E-state index is 0.650. The molecule has 0 aliphatic carbocycles. The van der Waals surface area contributed by atoms with Crippen LogP contribution in [0.5, 0.6) is 0 Å². The summed E-state index contributed by atoms with van der Waals surface area (Å²) >= 11 is 0. The van der Waals surface area contributed by atoms with Gasteiger partial charge in [-0.05, 0) is 25.7 Å². The van der Waals surface area contributed by atoms with E-state index in [9.17, 15) is 0 Å². The van der Waals surface area contributed by atoms with Crippen LogP contribution in [0.15, 0.2) is 0 Å². The van der Waals surface area contributed by atoms with Crippen LogP contribution in [-0.2, 0) is 0 Å². The molecule has 0 amide bonds. The fraction of sp³-hybridized carbons (Fsp3) is 1.00. The molecular weight excluding hydrogens is 148 g/mol. The summed E-state index contributed by atoms with van der Waals surface area (Å²) in [5.41, 5.74) is 0. The average Bonchev–Trinajstić information content (AvgIpc) is 2.03. The van der Waals surface area contributed by atoms with Crippen molar-refractivity contribution < 1.29 is 0 Å². The first-order valence-corrected chi connectivity index (χ1v) is 5.17. The maximum atomic E-state index is 3.56. The van der Waals surface area contributed by atoms with Crippen molar-refractivity contribution in [3.05, 3.63) is 0 Å². The summed E-state index contributed by atoms with van der Waals surface area (Å²) in [5, 5.41) is 7.05. The number of hydrogen-bond acceptors (Lipinski definition) is 2. The Labute approximate surface area is 76.1 Å². The first-order chi connectivity index (χ1) is 5.70. The molecule has 0 aromatic carbocycles. The molecule has 2 N–H and O–H groups in total. The predicted molar refractivity (Wildman–Crippen MR) is 53.3 cm³/mol. The minimum absolute atomic E-state index is 0.650. The number of piperazine rings is 1. The zero-order valence-corrected chi connectivity index (χ0v) is 8.56. The van der Waals surface area contributed by atoms with Crippen molar-refractivity contribution in [2.24, 2.45) is 5.92 Å². The van der Waals surface area contributed by atoms with Gasteiger partial charge in [-0.3, -0.25) is 0 Å². The maximum absolute atomic E-state index is 3.56. The van der Waals surface area contributed by atoms with Crippen LogP contribution in [0, 0.1) is 5.92 Å². The molecule has 12 heavy (non-hydrogen) atoms. The van der Waals surface area contributed by atoms with Crippen molar-refractivity contribution in [2.45, 2.75) is 45.7 Å². The molecule has 1 heterocycles. The van der Waals surface area contributed by atoms with E-state index < -0.39 is 0 Å². The molecule has 2 nitrogen and oxygen atoms in total. The van der Waals surface area contributed by atoms with Crippen LogP contribution < -0.4 is 10.6 Å². The van der Waals surface area contributed by atoms with Gasteiger partial charge in [-0.25, -0.2) is 0 Å². The minimum Gasteiger partial charge on any atom is -0.311 e. The normalized spacial score (nSPS) is 31.0. The Kier molecular flexibility index (Phi) is 4.02. The van der Waals surface area contributed by atoms with Crippen molar-refractivity contribution >= 4 is 0 Å². The molecule has 2 atom stereocenters. The van der Waals surface area contributed by atoms with Crippen LogP contribution in [0.1, 0.15) is 33.6 Å². The Hall–Kier alpha value is -0.0800. The standard InChI is InChI=1S/C10H22N2/c1-8(2)4-5-10-9(3)11-6-7-12-10/h8-12H,4-7H2,1-3H3. The highest BCUT2D eigenvalue weighted by atomic mass is 15.1. The summed E-state index contributed by atoms with van der Waals surface area (Å²) in [5.74, 6) is 0.834. The van der Waals surface area contributed by atoms with E-state index in [1.165, 1.54) is 12.8 Å². The Morgan fingerprint density at radius 2 is 1.92 bits per heavy atom. The molecule has 1 fully saturated rings. The van der Waals surface area contributed by atoms with Crippen molar-refractivity contribution in [1.82, 2.24) is 10.6 Å². The number of rotatable bonds is 3. The maximum Gasteiger partial charge on any atom is 0.0219 e. The summed E-state index contributed by atoms with van der Waals surface area (Å²) < 4.78 is 0. The highest BCUT2D eigenvalue weighted by Gasteiger charge is 2.19. The van der Waals surface area contributed by atoms with E-state index in [0.717, 1.165) is 19.0 Å². The molecule has 0 radical (unpaired) electrons. The van der Waals surface area contributed by atoms with Crippen molar-refractivity contribution in [3.8, 4) is 0 Å². The van der Waals surface area contributed by atoms with Crippen LogP contribution in [0.3, 0.4) is 0 Å². The zero-order valence-electron chi connectivity index (χ0n) is 8.56. The van der Waals surface area contributed by atoms with Crippen molar-refractivity contribution in [2.75, 3.05) is 13.1 Å². The van der Waals surface area contributed by atoms with Gasteiger partial charge < -0.3 is 10.6 Å². The second-order valence-corrected chi connectivity index (χ2v) is 4.27. The molecule has 0 bridgehead atoms. The summed E-state index contributed by atoms with van der Waals surface area (Å²) in [7, 11) is 0. The lowest BCUT2D eigenvalue weighted by molar-refractivity contribution is 0.308. The fourth-order valence-corrected chi connectivity index (χ4v) is 1.74. The lowest BCUT2D eigenvalue weighted by Gasteiger charge is -2.31. The Balaban J connectivity index is 2.20. The quantitative estimate of drug-likeness (QED) is 0.668. The third-order valence-electron chi connectivity index (χ3n) is 2.66. The Morgan fingerprint density at radius 3 is 2.50 bits per heavy atom. The van der Waals surface area contributed by atoms with E-state index in [1.54, 1.807) is 0 Å². The summed E-state index contributed by atoms with van der Waals surface area (Å²) in [6.07, 6.45) is 2.65. The molecule has 0 aromatic heterocycles. The topological polar surface area (TPSA) is 24.1 Å². The molecule has 0 saturated carbocycles. The van der Waals surface area contributed by atoms with Gasteiger partial charge in [-0.1, -0.05) is 13.8 Å². The van der Waals surface area contributed by atoms with Gasteiger partial charge in [-0.2, -0.15) is 0 Å². The van der Waals surface area contributed by atoms with Gasteiger partial charge in [0.25, 0.3) is 0 Å². The third kappa shape index (κ3) is 3.11. The largest absolute Gasteiger partial charge is 0.311 e. The number of nitrogens with one attached hydrogen (secondary N) is 2. The Morgan fingerprint density at radius 1 is 1.25 bits per heavy atom. The molecule has 72 valence electrons. The second-order valence-electron chi connectivity index (χ2n) is 4.27. The van der Waals surface area contributed by atoms with Gasteiger partial charge in [0.05, 0.1) is 0 Å². The zero-order chi connectivity index (χ0) is 8.97. The second kappa shape index (κ2) is 4.83. The molecule has 2 unspecified atom stereocenters. The van der Waals surface area contributed by atoms with Crippen LogP contribution in [-0.4, -0.2) is 25.2 Å². The summed E-state index contributed by atoms with van der Waals surface area (Å²) in [6, 6.07) is 1.35. The van der Waals surface area contributed by atoms with Gasteiger partial charge >= 0.3 is 0 Å². The SMILES string of the molecule is CC(C)CCC1NCCNC1C. The first kappa shape index (κ1) is 10.0. The highest BCUT2D eigenvalue weighted by Crippen LogP contribution is 2.10. The van der Waals surface area contributed by atoms with E-state index in [4.69, 9.17) is 0 Å². The lowest BCUT2D eigenvalue weighted by Crippen LogP contribution is -2.54. The van der Waals surface area contributed by atoms with Crippen molar-refractivity contribution in [1.29, 1.82) is 0 Å². The third-order valence-corrected chi connectivity index (χ3v) is 2.66. The van der Waals surface area contributed by atoms with E-state index >= 15 is 0 Å². The highest BCUT2D eigenvalue weighted by molar-refractivity contribution is 4.83. The van der Waals surface area contributed by atoms with Crippen LogP contribution >= 0.6 is 0 Å². The van der Waals surface area contributed by atoms with Gasteiger partial charge in [0.15, 0.2) is 0 Å². The fourth-order valence-electron chi connectivity index (χ4n) is 1.74. The van der Waals surface area contributed by atoms with Crippen LogP contribution in [0.4, 0.5) is 0 Å². The molecule has 1 rings (SSSR count). The van der Waals surface area contributed by atoms with Gasteiger partial charge in [0, 0.05) is 25.2 Å². The molecule has 1 aliphatic rings. The molecule has 2 heteroatoms. The first-order valence-electron chi connectivity index (χ1n) is 5.17. The predicted octanol–water partition coefficient (Wildman–Crippen LogP) is 1.37. The monoisotopic (exact) mass is 170 g/mol. The van der Waals surface area contributed by atoms with Gasteiger partial charge in [0.1, 0.15) is 0 Å². The molecule has 1 saturated heterocycles. The van der Waals surface area contributed by atoms with Gasteiger partial charge in [0.2, 0.25) is 0 Å². The van der Waals surface area contributed by atoms with E-state index in [2.05, 4.69) is 31.4 Å². The molecular formula is C10H22N2. The lowest BCUT2D eigenvalue weighted by atomic mass is 9.97. The molecule has 1 aliphatic heterocycles. The van der Waals surface area contributed by atoms with E-state index in [0.29, 0.717) is 12.1 Å². The molecule has 0 spiro atoms. The summed E-state index contributed by atoms with van der Waals surface area (Å²) in [4.78, 5) is 0.